The molecule has 0 amide bonds. The maximum Gasteiger partial charge on any atom is 0.261 e. The third-order valence-electron chi connectivity index (χ3n) is 2.32. The van der Waals surface area contributed by atoms with E-state index in [9.17, 15) is 8.78 Å². The van der Waals surface area contributed by atoms with E-state index in [4.69, 9.17) is 4.74 Å². The quantitative estimate of drug-likeness (QED) is 0.654. The van der Waals surface area contributed by atoms with Crippen molar-refractivity contribution in [3.8, 4) is 0 Å². The number of nitrogens with one attached hydrogen (secondary N) is 3. The molecule has 104 valence electrons. The molecule has 0 spiro atoms. The topological polar surface area (TPSA) is 87.8 Å². The Balaban J connectivity index is 1.97. The molecule has 2 aromatic rings. The number of hydrogen-bond acceptors (Lipinski definition) is 6. The van der Waals surface area contributed by atoms with Crippen molar-refractivity contribution < 1.29 is 13.5 Å². The van der Waals surface area contributed by atoms with Crippen molar-refractivity contribution in [1.82, 2.24) is 20.2 Å². The fraction of sp³-hybridized carbons (Fsp3) is 0.500. The van der Waals surface area contributed by atoms with Crippen molar-refractivity contribution in [1.29, 1.82) is 0 Å². The summed E-state index contributed by atoms with van der Waals surface area (Å²) in [4.78, 5) is 8.40. The maximum atomic E-state index is 11.9. The number of alkyl halides is 2. The van der Waals surface area contributed by atoms with Crippen LogP contribution in [0.3, 0.4) is 0 Å². The van der Waals surface area contributed by atoms with Crippen LogP contribution in [-0.4, -0.2) is 53.4 Å². The Hall–Kier alpha value is -2.03. The van der Waals surface area contributed by atoms with Gasteiger partial charge >= 0.3 is 0 Å². The molecule has 0 aliphatic carbocycles. The fourth-order valence-electron chi connectivity index (χ4n) is 1.50. The first kappa shape index (κ1) is 13.4. The highest BCUT2D eigenvalue weighted by Crippen LogP contribution is 2.19. The molecule has 0 fully saturated rings. The Morgan fingerprint density at radius 2 is 2.26 bits per heavy atom. The van der Waals surface area contributed by atoms with Crippen molar-refractivity contribution in [2.75, 3.05) is 37.4 Å². The number of rotatable bonds is 7. The number of nitrogens with zero attached hydrogens (tertiary/aromatic N) is 3. The average molecular weight is 272 g/mol. The van der Waals surface area contributed by atoms with Crippen LogP contribution in [0.25, 0.3) is 11.0 Å². The Labute approximate surface area is 107 Å². The number of aromatic nitrogens is 4. The lowest BCUT2D eigenvalue weighted by atomic mass is 10.4. The lowest BCUT2D eigenvalue weighted by Crippen LogP contribution is -2.14. The third kappa shape index (κ3) is 3.47. The van der Waals surface area contributed by atoms with Crippen molar-refractivity contribution in [2.24, 2.45) is 0 Å². The molecule has 0 unspecified atom stereocenters. The van der Waals surface area contributed by atoms with E-state index >= 15 is 0 Å². The number of halogens is 2. The van der Waals surface area contributed by atoms with Crippen molar-refractivity contribution in [3.05, 3.63) is 6.20 Å². The molecular formula is C10H14F2N6O. The molecule has 2 heterocycles. The standard InChI is InChI=1S/C10H14F2N6O/c1-13-10-16-8(6-4-15-18-9(6)17-10)14-2-3-19-5-7(11)12/h4,7H,2-3,5H2,1H3,(H3,13,14,15,16,17,18). The minimum Gasteiger partial charge on any atom is -0.374 e. The third-order valence-corrected chi connectivity index (χ3v) is 2.32. The highest BCUT2D eigenvalue weighted by atomic mass is 19.3. The summed E-state index contributed by atoms with van der Waals surface area (Å²) in [6.07, 6.45) is -0.854. The van der Waals surface area contributed by atoms with Crippen LogP contribution in [0.5, 0.6) is 0 Å². The SMILES string of the molecule is CNc1nc(NCCOCC(F)F)c2cn[nH]c2n1. The second-order valence-corrected chi connectivity index (χ2v) is 3.67. The summed E-state index contributed by atoms with van der Waals surface area (Å²) >= 11 is 0. The minimum atomic E-state index is -2.45. The maximum absolute atomic E-state index is 11.9. The highest BCUT2D eigenvalue weighted by Gasteiger charge is 2.08. The molecule has 0 atom stereocenters. The number of aromatic amines is 1. The first-order chi connectivity index (χ1) is 9.20. The van der Waals surface area contributed by atoms with Gasteiger partial charge in [-0.3, -0.25) is 5.10 Å². The van der Waals surface area contributed by atoms with Crippen LogP contribution in [0.15, 0.2) is 6.20 Å². The van der Waals surface area contributed by atoms with Crippen LogP contribution < -0.4 is 10.6 Å². The van der Waals surface area contributed by atoms with E-state index in [1.54, 1.807) is 13.2 Å². The van der Waals surface area contributed by atoms with E-state index in [1.165, 1.54) is 0 Å². The fourth-order valence-corrected chi connectivity index (χ4v) is 1.50. The summed E-state index contributed by atoms with van der Waals surface area (Å²) in [5.41, 5.74) is 0.593. The second-order valence-electron chi connectivity index (χ2n) is 3.67. The Morgan fingerprint density at radius 3 is 3.00 bits per heavy atom. The molecule has 0 saturated carbocycles. The Bertz CT molecular complexity index is 532. The van der Waals surface area contributed by atoms with Gasteiger partial charge in [0, 0.05) is 13.6 Å². The first-order valence-electron chi connectivity index (χ1n) is 5.69. The summed E-state index contributed by atoms with van der Waals surface area (Å²) in [5.74, 6) is 1.01. The van der Waals surface area contributed by atoms with Gasteiger partial charge in [0.05, 0.1) is 18.2 Å². The molecule has 7 nitrogen and oxygen atoms in total. The molecule has 3 N–H and O–H groups in total. The zero-order chi connectivity index (χ0) is 13.7. The van der Waals surface area contributed by atoms with Crippen molar-refractivity contribution in [3.63, 3.8) is 0 Å². The number of hydrogen-bond donors (Lipinski definition) is 3. The van der Waals surface area contributed by atoms with Gasteiger partial charge in [0.1, 0.15) is 12.4 Å². The molecule has 2 rings (SSSR count). The minimum absolute atomic E-state index is 0.169. The Morgan fingerprint density at radius 1 is 1.42 bits per heavy atom. The lowest BCUT2D eigenvalue weighted by molar-refractivity contribution is 0.0215. The van der Waals surface area contributed by atoms with E-state index < -0.39 is 13.0 Å². The van der Waals surface area contributed by atoms with E-state index in [1.807, 2.05) is 0 Å². The molecule has 19 heavy (non-hydrogen) atoms. The average Bonchev–Trinajstić information content (AvgIpc) is 2.85. The van der Waals surface area contributed by atoms with E-state index in [0.717, 1.165) is 5.39 Å². The summed E-state index contributed by atoms with van der Waals surface area (Å²) in [6.45, 7) is -0.0237. The van der Waals surface area contributed by atoms with Crippen LogP contribution in [0.1, 0.15) is 0 Å². The largest absolute Gasteiger partial charge is 0.374 e. The molecule has 0 bridgehead atoms. The number of H-pyrrole nitrogens is 1. The summed E-state index contributed by atoms with van der Waals surface area (Å²) in [6, 6.07) is 0. The summed E-state index contributed by atoms with van der Waals surface area (Å²) in [7, 11) is 1.70. The van der Waals surface area contributed by atoms with Crippen molar-refractivity contribution in [2.45, 2.75) is 6.43 Å². The van der Waals surface area contributed by atoms with Crippen molar-refractivity contribution >= 4 is 22.8 Å². The summed E-state index contributed by atoms with van der Waals surface area (Å²) < 4.78 is 28.5. The van der Waals surface area contributed by atoms with Gasteiger partial charge in [-0.15, -0.1) is 0 Å². The zero-order valence-electron chi connectivity index (χ0n) is 10.3. The highest BCUT2D eigenvalue weighted by molar-refractivity contribution is 5.86. The molecular weight excluding hydrogens is 258 g/mol. The van der Waals surface area contributed by atoms with Gasteiger partial charge in [0.15, 0.2) is 5.65 Å². The van der Waals surface area contributed by atoms with Crippen LogP contribution in [-0.2, 0) is 4.74 Å². The Kier molecular flexibility index (Phi) is 4.39. The predicted molar refractivity (Wildman–Crippen MR) is 66.5 cm³/mol. The van der Waals surface area contributed by atoms with Gasteiger partial charge in [0.25, 0.3) is 6.43 Å². The van der Waals surface area contributed by atoms with E-state index in [0.29, 0.717) is 24.0 Å². The molecule has 0 saturated heterocycles. The van der Waals surface area contributed by atoms with Crippen LogP contribution in [0.4, 0.5) is 20.5 Å². The van der Waals surface area contributed by atoms with E-state index in [2.05, 4.69) is 30.8 Å². The second kappa shape index (κ2) is 6.23. The van der Waals surface area contributed by atoms with Gasteiger partial charge in [-0.05, 0) is 0 Å². The van der Waals surface area contributed by atoms with Gasteiger partial charge in [-0.1, -0.05) is 0 Å². The molecule has 0 radical (unpaired) electrons. The van der Waals surface area contributed by atoms with Gasteiger partial charge in [-0.2, -0.15) is 15.1 Å². The monoisotopic (exact) mass is 272 g/mol. The molecule has 2 aromatic heterocycles. The normalized spacial score (nSPS) is 11.2. The molecule has 0 aliphatic rings. The molecule has 0 aliphatic heterocycles. The number of fused-ring (bicyclic) bond motifs is 1. The molecule has 0 aromatic carbocycles. The summed E-state index contributed by atoms with van der Waals surface area (Å²) in [5, 5.41) is 13.2. The smallest absolute Gasteiger partial charge is 0.261 e. The van der Waals surface area contributed by atoms with E-state index in [-0.39, 0.29) is 6.61 Å². The van der Waals surface area contributed by atoms with Crippen LogP contribution in [0.2, 0.25) is 0 Å². The van der Waals surface area contributed by atoms with Crippen LogP contribution in [0, 0.1) is 0 Å². The molecule has 9 heteroatoms. The van der Waals surface area contributed by atoms with Gasteiger partial charge in [0.2, 0.25) is 5.95 Å². The number of anilines is 2. The lowest BCUT2D eigenvalue weighted by Gasteiger charge is -2.08. The van der Waals surface area contributed by atoms with Gasteiger partial charge < -0.3 is 15.4 Å². The zero-order valence-corrected chi connectivity index (χ0v) is 10.3. The van der Waals surface area contributed by atoms with Gasteiger partial charge in [-0.25, -0.2) is 8.78 Å². The first-order valence-corrected chi connectivity index (χ1v) is 5.69. The van der Waals surface area contributed by atoms with Crippen LogP contribution >= 0.6 is 0 Å². The number of ether oxygens (including phenoxy) is 1. The predicted octanol–water partition coefficient (Wildman–Crippen LogP) is 1.09.